The van der Waals surface area contributed by atoms with Crippen LogP contribution in [0.15, 0.2) is 28.8 Å². The molecule has 3 rings (SSSR count). The van der Waals surface area contributed by atoms with Gasteiger partial charge in [-0.15, -0.1) is 0 Å². The summed E-state index contributed by atoms with van der Waals surface area (Å²) in [7, 11) is 0. The monoisotopic (exact) mass is 303 g/mol. The summed E-state index contributed by atoms with van der Waals surface area (Å²) in [6, 6.07) is 7.66. The molecule has 1 aromatic heterocycles. The SMILES string of the molecule is CSCC[C@@H](N)c1nc(C2=Cc3ccccc3OC2)no1. The van der Waals surface area contributed by atoms with Crippen LogP contribution in [0, 0.1) is 0 Å². The Morgan fingerprint density at radius 1 is 1.38 bits per heavy atom. The van der Waals surface area contributed by atoms with Gasteiger partial charge in [0.15, 0.2) is 0 Å². The lowest BCUT2D eigenvalue weighted by atomic mass is 10.1. The van der Waals surface area contributed by atoms with Crippen molar-refractivity contribution in [1.29, 1.82) is 0 Å². The Hall–Kier alpha value is -1.79. The fourth-order valence-electron chi connectivity index (χ4n) is 2.13. The average molecular weight is 303 g/mol. The van der Waals surface area contributed by atoms with Crippen LogP contribution in [-0.2, 0) is 0 Å². The summed E-state index contributed by atoms with van der Waals surface area (Å²) in [5.74, 6) is 2.89. The lowest BCUT2D eigenvalue weighted by Crippen LogP contribution is -2.12. The summed E-state index contributed by atoms with van der Waals surface area (Å²) in [6.45, 7) is 0.441. The molecule has 1 atom stereocenters. The van der Waals surface area contributed by atoms with E-state index in [2.05, 4.69) is 10.1 Å². The van der Waals surface area contributed by atoms with Crippen molar-refractivity contribution in [3.8, 4) is 5.75 Å². The van der Waals surface area contributed by atoms with E-state index in [9.17, 15) is 0 Å². The van der Waals surface area contributed by atoms with Gasteiger partial charge in [-0.3, -0.25) is 0 Å². The van der Waals surface area contributed by atoms with E-state index in [0.29, 0.717) is 18.3 Å². The Morgan fingerprint density at radius 2 is 2.24 bits per heavy atom. The number of ether oxygens (including phenoxy) is 1. The molecular formula is C15H17N3O2S. The van der Waals surface area contributed by atoms with Gasteiger partial charge in [-0.05, 0) is 30.6 Å². The Balaban J connectivity index is 1.80. The highest BCUT2D eigenvalue weighted by molar-refractivity contribution is 7.98. The van der Waals surface area contributed by atoms with Crippen LogP contribution >= 0.6 is 11.8 Å². The summed E-state index contributed by atoms with van der Waals surface area (Å²) in [5.41, 5.74) is 7.97. The molecule has 0 aliphatic carbocycles. The molecule has 2 N–H and O–H groups in total. The first kappa shape index (κ1) is 14.2. The molecule has 0 saturated carbocycles. The molecule has 110 valence electrons. The van der Waals surface area contributed by atoms with E-state index in [1.54, 1.807) is 11.8 Å². The first-order valence-corrected chi connectivity index (χ1v) is 8.18. The summed E-state index contributed by atoms with van der Waals surface area (Å²) >= 11 is 1.75. The minimum atomic E-state index is -0.212. The van der Waals surface area contributed by atoms with Crippen molar-refractivity contribution < 1.29 is 9.26 Å². The van der Waals surface area contributed by atoms with Crippen molar-refractivity contribution in [2.45, 2.75) is 12.5 Å². The minimum absolute atomic E-state index is 0.212. The van der Waals surface area contributed by atoms with Gasteiger partial charge in [0.05, 0.1) is 6.04 Å². The maximum Gasteiger partial charge on any atom is 0.243 e. The van der Waals surface area contributed by atoms with E-state index >= 15 is 0 Å². The molecule has 2 heterocycles. The zero-order chi connectivity index (χ0) is 14.7. The minimum Gasteiger partial charge on any atom is -0.488 e. The van der Waals surface area contributed by atoms with Gasteiger partial charge in [-0.2, -0.15) is 16.7 Å². The molecule has 6 heteroatoms. The lowest BCUT2D eigenvalue weighted by Gasteiger charge is -2.15. The van der Waals surface area contributed by atoms with Crippen molar-refractivity contribution in [2.24, 2.45) is 5.73 Å². The maximum absolute atomic E-state index is 6.04. The number of aromatic nitrogens is 2. The Bertz CT molecular complexity index is 654. The van der Waals surface area contributed by atoms with Crippen LogP contribution in [0.4, 0.5) is 0 Å². The molecule has 21 heavy (non-hydrogen) atoms. The van der Waals surface area contributed by atoms with Crippen molar-refractivity contribution in [2.75, 3.05) is 18.6 Å². The number of nitrogens with two attached hydrogens (primary N) is 1. The number of rotatable bonds is 5. The quantitative estimate of drug-likeness (QED) is 0.915. The van der Waals surface area contributed by atoms with Crippen LogP contribution in [0.3, 0.4) is 0 Å². The summed E-state index contributed by atoms with van der Waals surface area (Å²) in [4.78, 5) is 4.40. The van der Waals surface area contributed by atoms with Crippen LogP contribution in [0.1, 0.15) is 29.7 Å². The highest BCUT2D eigenvalue weighted by Gasteiger charge is 2.19. The third-order valence-corrected chi connectivity index (χ3v) is 3.95. The van der Waals surface area contributed by atoms with E-state index in [1.165, 1.54) is 0 Å². The third kappa shape index (κ3) is 3.11. The van der Waals surface area contributed by atoms with E-state index in [0.717, 1.165) is 29.1 Å². The molecule has 2 aromatic rings. The second-order valence-electron chi connectivity index (χ2n) is 4.84. The van der Waals surface area contributed by atoms with Gasteiger partial charge in [0.1, 0.15) is 12.4 Å². The number of thioether (sulfide) groups is 1. The molecule has 0 radical (unpaired) electrons. The molecule has 0 saturated heterocycles. The summed E-state index contributed by atoms with van der Waals surface area (Å²) < 4.78 is 11.0. The predicted octanol–water partition coefficient (Wildman–Crippen LogP) is 2.76. The van der Waals surface area contributed by atoms with Crippen LogP contribution in [0.5, 0.6) is 5.75 Å². The second-order valence-corrected chi connectivity index (χ2v) is 5.83. The Labute approximate surface area is 127 Å². The Kier molecular flexibility index (Phi) is 4.26. The molecule has 0 amide bonds. The van der Waals surface area contributed by atoms with Crippen LogP contribution in [-0.4, -0.2) is 28.8 Å². The van der Waals surface area contributed by atoms with Crippen LogP contribution in [0.2, 0.25) is 0 Å². The van der Waals surface area contributed by atoms with E-state index in [1.807, 2.05) is 36.6 Å². The molecule has 0 spiro atoms. The van der Waals surface area contributed by atoms with Crippen molar-refractivity contribution >= 4 is 23.4 Å². The molecule has 5 nitrogen and oxygen atoms in total. The van der Waals surface area contributed by atoms with Crippen molar-refractivity contribution in [3.63, 3.8) is 0 Å². The fourth-order valence-corrected chi connectivity index (χ4v) is 2.62. The van der Waals surface area contributed by atoms with Gasteiger partial charge in [-0.1, -0.05) is 23.4 Å². The molecule has 0 unspecified atom stereocenters. The number of fused-ring (bicyclic) bond motifs is 1. The first-order valence-electron chi connectivity index (χ1n) is 6.79. The van der Waals surface area contributed by atoms with Crippen molar-refractivity contribution in [1.82, 2.24) is 10.1 Å². The highest BCUT2D eigenvalue weighted by Crippen LogP contribution is 2.29. The molecule has 1 aliphatic heterocycles. The largest absolute Gasteiger partial charge is 0.488 e. The predicted molar refractivity (Wildman–Crippen MR) is 84.0 cm³/mol. The number of benzene rings is 1. The molecule has 0 fully saturated rings. The molecular weight excluding hydrogens is 286 g/mol. The van der Waals surface area contributed by atoms with Gasteiger partial charge in [0.25, 0.3) is 0 Å². The van der Waals surface area contributed by atoms with E-state index in [4.69, 9.17) is 15.0 Å². The number of hydrogen-bond acceptors (Lipinski definition) is 6. The maximum atomic E-state index is 6.04. The number of para-hydroxylation sites is 1. The summed E-state index contributed by atoms with van der Waals surface area (Å²) in [5, 5.41) is 4.02. The topological polar surface area (TPSA) is 74.2 Å². The van der Waals surface area contributed by atoms with Gasteiger partial charge in [0.2, 0.25) is 11.7 Å². The zero-order valence-electron chi connectivity index (χ0n) is 11.8. The third-order valence-electron chi connectivity index (χ3n) is 3.31. The van der Waals surface area contributed by atoms with Crippen LogP contribution < -0.4 is 10.5 Å². The molecule has 1 aromatic carbocycles. The Morgan fingerprint density at radius 3 is 3.10 bits per heavy atom. The average Bonchev–Trinajstić information content (AvgIpc) is 3.02. The number of hydrogen-bond donors (Lipinski definition) is 1. The number of nitrogens with zero attached hydrogens (tertiary/aromatic N) is 2. The van der Waals surface area contributed by atoms with E-state index in [-0.39, 0.29) is 6.04 Å². The standard InChI is InChI=1S/C15H17N3O2S/c1-21-7-6-12(16)15-17-14(18-20-15)11-8-10-4-2-3-5-13(10)19-9-11/h2-5,8,12H,6-7,9,16H2,1H3/t12-/m1/s1. The van der Waals surface area contributed by atoms with Gasteiger partial charge >= 0.3 is 0 Å². The fraction of sp³-hybridized carbons (Fsp3) is 0.333. The first-order chi connectivity index (χ1) is 10.3. The molecule has 1 aliphatic rings. The van der Waals surface area contributed by atoms with Gasteiger partial charge < -0.3 is 15.0 Å². The normalized spacial score (nSPS) is 15.0. The summed E-state index contributed by atoms with van der Waals surface area (Å²) in [6.07, 6.45) is 4.90. The van der Waals surface area contributed by atoms with Crippen LogP contribution in [0.25, 0.3) is 11.6 Å². The highest BCUT2D eigenvalue weighted by atomic mass is 32.2. The van der Waals surface area contributed by atoms with Gasteiger partial charge in [0, 0.05) is 11.1 Å². The lowest BCUT2D eigenvalue weighted by molar-refractivity contribution is 0.347. The van der Waals surface area contributed by atoms with Crippen molar-refractivity contribution in [3.05, 3.63) is 41.5 Å². The van der Waals surface area contributed by atoms with Gasteiger partial charge in [-0.25, -0.2) is 0 Å². The van der Waals surface area contributed by atoms with E-state index < -0.39 is 0 Å². The second kappa shape index (κ2) is 6.32. The zero-order valence-corrected chi connectivity index (χ0v) is 12.6. The smallest absolute Gasteiger partial charge is 0.243 e. The molecule has 0 bridgehead atoms.